The Morgan fingerprint density at radius 2 is 2.14 bits per heavy atom. The lowest BCUT2D eigenvalue weighted by molar-refractivity contribution is 0.145. The third kappa shape index (κ3) is 8.06. The summed E-state index contributed by atoms with van der Waals surface area (Å²) in [6.45, 7) is 8.82. The van der Waals surface area contributed by atoms with E-state index in [0.29, 0.717) is 38.0 Å². The molecule has 0 saturated heterocycles. The summed E-state index contributed by atoms with van der Waals surface area (Å²) in [5.74, 6) is 2.45. The van der Waals surface area contributed by atoms with Gasteiger partial charge in [-0.1, -0.05) is 6.07 Å². The molecular weight excluding hydrogens is 375 g/mol. The highest BCUT2D eigenvalue weighted by Crippen LogP contribution is 2.13. The van der Waals surface area contributed by atoms with Crippen molar-refractivity contribution in [2.24, 2.45) is 12.0 Å². The van der Waals surface area contributed by atoms with Crippen LogP contribution in [0.2, 0.25) is 0 Å². The highest BCUT2D eigenvalue weighted by molar-refractivity contribution is 5.79. The first-order valence-electron chi connectivity index (χ1n) is 9.86. The van der Waals surface area contributed by atoms with Gasteiger partial charge >= 0.3 is 0 Å². The van der Waals surface area contributed by atoms with Gasteiger partial charge < -0.3 is 24.7 Å². The molecule has 1 unspecified atom stereocenters. The molecule has 29 heavy (non-hydrogen) atoms. The summed E-state index contributed by atoms with van der Waals surface area (Å²) in [5.41, 5.74) is 0. The second-order valence-corrected chi connectivity index (χ2v) is 6.63. The van der Waals surface area contributed by atoms with Gasteiger partial charge in [-0.15, -0.1) is 10.2 Å². The summed E-state index contributed by atoms with van der Waals surface area (Å²) in [6, 6.07) is 6.12. The average molecular weight is 407 g/mol. The third-order valence-electron chi connectivity index (χ3n) is 4.21. The largest absolute Gasteiger partial charge is 0.489 e. The van der Waals surface area contributed by atoms with Crippen molar-refractivity contribution in [2.45, 2.75) is 39.8 Å². The molecule has 8 nitrogen and oxygen atoms in total. The van der Waals surface area contributed by atoms with Crippen LogP contribution in [0.25, 0.3) is 0 Å². The molecule has 2 N–H and O–H groups in total. The van der Waals surface area contributed by atoms with Crippen molar-refractivity contribution in [1.82, 2.24) is 25.4 Å². The molecule has 0 aliphatic carbocycles. The summed E-state index contributed by atoms with van der Waals surface area (Å²) in [6.07, 6.45) is 0.691. The summed E-state index contributed by atoms with van der Waals surface area (Å²) >= 11 is 0. The molecule has 0 amide bonds. The fraction of sp³-hybridized carbons (Fsp3) is 0.550. The zero-order chi connectivity index (χ0) is 21.1. The number of guanidine groups is 1. The van der Waals surface area contributed by atoms with E-state index in [2.05, 4.69) is 25.8 Å². The van der Waals surface area contributed by atoms with E-state index in [4.69, 9.17) is 9.47 Å². The predicted octanol–water partition coefficient (Wildman–Crippen LogP) is 2.19. The Hall–Kier alpha value is -2.68. The number of benzene rings is 1. The van der Waals surface area contributed by atoms with Crippen molar-refractivity contribution in [3.05, 3.63) is 41.7 Å². The van der Waals surface area contributed by atoms with Crippen molar-refractivity contribution in [3.63, 3.8) is 0 Å². The number of aliphatic imine (C=N–C) groups is 1. The number of aromatic nitrogens is 3. The standard InChI is InChI=1S/C20H31FN6O2/c1-5-28-11-7-10-22-20(24-14-19-26-25-16(3)27(19)4)23-13-15(2)29-18-9-6-8-17(21)12-18/h6,8-9,12,15H,5,7,10-11,13-14H2,1-4H3,(H2,22,23,24). The SMILES string of the molecule is CCOCCCNC(=NCc1nnc(C)n1C)NCC(C)Oc1cccc(F)c1. The van der Waals surface area contributed by atoms with Crippen LogP contribution in [-0.2, 0) is 18.3 Å². The lowest BCUT2D eigenvalue weighted by Gasteiger charge is -2.18. The minimum atomic E-state index is -0.320. The van der Waals surface area contributed by atoms with Crippen LogP contribution in [0.3, 0.4) is 0 Å². The molecule has 0 bridgehead atoms. The number of aryl methyl sites for hydroxylation is 1. The molecule has 2 aromatic rings. The Kier molecular flexibility index (Phi) is 9.36. The molecule has 160 valence electrons. The number of halogens is 1. The fourth-order valence-corrected chi connectivity index (χ4v) is 2.49. The van der Waals surface area contributed by atoms with Crippen LogP contribution in [0.1, 0.15) is 31.9 Å². The van der Waals surface area contributed by atoms with Crippen LogP contribution < -0.4 is 15.4 Å². The van der Waals surface area contributed by atoms with E-state index < -0.39 is 0 Å². The molecule has 1 atom stereocenters. The van der Waals surface area contributed by atoms with Gasteiger partial charge in [0.1, 0.15) is 30.0 Å². The number of hydrogen-bond acceptors (Lipinski definition) is 5. The lowest BCUT2D eigenvalue weighted by Crippen LogP contribution is -2.42. The molecule has 1 heterocycles. The van der Waals surface area contributed by atoms with Gasteiger partial charge in [-0.25, -0.2) is 9.38 Å². The summed E-state index contributed by atoms with van der Waals surface area (Å²) in [5, 5.41) is 14.7. The zero-order valence-electron chi connectivity index (χ0n) is 17.6. The number of nitrogens with one attached hydrogen (secondary N) is 2. The van der Waals surface area contributed by atoms with Crippen LogP contribution in [0.4, 0.5) is 4.39 Å². The average Bonchev–Trinajstić information content (AvgIpc) is 3.01. The molecule has 0 saturated carbocycles. The predicted molar refractivity (Wildman–Crippen MR) is 110 cm³/mol. The molecule has 1 aromatic carbocycles. The van der Waals surface area contributed by atoms with E-state index in [9.17, 15) is 4.39 Å². The van der Waals surface area contributed by atoms with Crippen LogP contribution in [0.5, 0.6) is 5.75 Å². The number of hydrogen-bond donors (Lipinski definition) is 2. The Balaban J connectivity index is 1.90. The summed E-state index contributed by atoms with van der Waals surface area (Å²) in [4.78, 5) is 4.59. The Labute approximate surface area is 171 Å². The van der Waals surface area contributed by atoms with E-state index in [1.165, 1.54) is 12.1 Å². The van der Waals surface area contributed by atoms with E-state index in [0.717, 1.165) is 24.6 Å². The van der Waals surface area contributed by atoms with E-state index in [1.54, 1.807) is 12.1 Å². The molecule has 0 spiro atoms. The maximum atomic E-state index is 13.3. The zero-order valence-corrected chi connectivity index (χ0v) is 17.6. The summed E-state index contributed by atoms with van der Waals surface area (Å²) in [7, 11) is 1.91. The molecule has 1 aromatic heterocycles. The molecule has 0 radical (unpaired) electrons. The second kappa shape index (κ2) is 12.0. The molecule has 0 aliphatic heterocycles. The van der Waals surface area contributed by atoms with Gasteiger partial charge in [-0.2, -0.15) is 0 Å². The van der Waals surface area contributed by atoms with E-state index in [-0.39, 0.29) is 11.9 Å². The maximum absolute atomic E-state index is 13.3. The topological polar surface area (TPSA) is 85.6 Å². The Bertz CT molecular complexity index is 780. The van der Waals surface area contributed by atoms with Crippen molar-refractivity contribution in [1.29, 1.82) is 0 Å². The fourth-order valence-electron chi connectivity index (χ4n) is 2.49. The quantitative estimate of drug-likeness (QED) is 0.338. The molecular formula is C20H31FN6O2. The monoisotopic (exact) mass is 406 g/mol. The van der Waals surface area contributed by atoms with Crippen LogP contribution in [0, 0.1) is 12.7 Å². The number of nitrogens with zero attached hydrogens (tertiary/aromatic N) is 4. The van der Waals surface area contributed by atoms with Gasteiger partial charge in [-0.3, -0.25) is 0 Å². The highest BCUT2D eigenvalue weighted by atomic mass is 19.1. The number of rotatable bonds is 11. The molecule has 0 fully saturated rings. The molecule has 2 rings (SSSR count). The van der Waals surface area contributed by atoms with Crippen LogP contribution in [-0.4, -0.2) is 53.1 Å². The van der Waals surface area contributed by atoms with Gasteiger partial charge in [0.2, 0.25) is 0 Å². The number of ether oxygens (including phenoxy) is 2. The van der Waals surface area contributed by atoms with Gasteiger partial charge in [0, 0.05) is 32.9 Å². The first-order chi connectivity index (χ1) is 14.0. The van der Waals surface area contributed by atoms with Crippen molar-refractivity contribution in [3.8, 4) is 5.75 Å². The van der Waals surface area contributed by atoms with Crippen LogP contribution >= 0.6 is 0 Å². The van der Waals surface area contributed by atoms with Crippen molar-refractivity contribution >= 4 is 5.96 Å². The minimum absolute atomic E-state index is 0.177. The second-order valence-electron chi connectivity index (χ2n) is 6.63. The van der Waals surface area contributed by atoms with Gasteiger partial charge in [0.05, 0.1) is 6.54 Å². The first-order valence-corrected chi connectivity index (χ1v) is 9.86. The highest BCUT2D eigenvalue weighted by Gasteiger charge is 2.08. The van der Waals surface area contributed by atoms with Gasteiger partial charge in [0.15, 0.2) is 11.8 Å². The van der Waals surface area contributed by atoms with Gasteiger partial charge in [-0.05, 0) is 39.3 Å². The molecule has 0 aliphatic rings. The summed E-state index contributed by atoms with van der Waals surface area (Å²) < 4.78 is 26.3. The smallest absolute Gasteiger partial charge is 0.191 e. The van der Waals surface area contributed by atoms with E-state index in [1.807, 2.05) is 32.4 Å². The lowest BCUT2D eigenvalue weighted by atomic mass is 10.3. The van der Waals surface area contributed by atoms with Crippen LogP contribution in [0.15, 0.2) is 29.3 Å². The minimum Gasteiger partial charge on any atom is -0.489 e. The van der Waals surface area contributed by atoms with Crippen molar-refractivity contribution in [2.75, 3.05) is 26.3 Å². The maximum Gasteiger partial charge on any atom is 0.191 e. The van der Waals surface area contributed by atoms with Gasteiger partial charge in [0.25, 0.3) is 0 Å². The Morgan fingerprint density at radius 3 is 2.83 bits per heavy atom. The third-order valence-corrected chi connectivity index (χ3v) is 4.21. The normalized spacial score (nSPS) is 12.7. The molecule has 9 heteroatoms. The first kappa shape index (κ1) is 22.6. The van der Waals surface area contributed by atoms with Crippen molar-refractivity contribution < 1.29 is 13.9 Å². The van der Waals surface area contributed by atoms with E-state index >= 15 is 0 Å². The Morgan fingerprint density at radius 1 is 1.31 bits per heavy atom.